The maximum atomic E-state index is 11.8. The molecule has 6 nitrogen and oxygen atoms in total. The molecule has 0 saturated carbocycles. The van der Waals surface area contributed by atoms with Gasteiger partial charge in [-0.15, -0.1) is 0 Å². The lowest BCUT2D eigenvalue weighted by Crippen LogP contribution is -2.17. The van der Waals surface area contributed by atoms with Crippen LogP contribution in [0.4, 0.5) is 11.4 Å². The number of benzene rings is 1. The van der Waals surface area contributed by atoms with Crippen LogP contribution in [0.5, 0.6) is 0 Å². The van der Waals surface area contributed by atoms with E-state index in [9.17, 15) is 14.9 Å². The average molecular weight is 266 g/mol. The van der Waals surface area contributed by atoms with Gasteiger partial charge in [0.05, 0.1) is 16.6 Å². The molecule has 0 radical (unpaired) electrons. The number of nitrogen functional groups attached to an aromatic ring is 1. The van der Waals surface area contributed by atoms with E-state index in [1.807, 2.05) is 13.8 Å². The largest absolute Gasteiger partial charge is 0.459 e. The second kappa shape index (κ2) is 6.17. The fourth-order valence-corrected chi connectivity index (χ4v) is 1.79. The number of hydrogen-bond acceptors (Lipinski definition) is 5. The van der Waals surface area contributed by atoms with Crippen molar-refractivity contribution in [1.82, 2.24) is 0 Å². The predicted molar refractivity (Wildman–Crippen MR) is 71.8 cm³/mol. The Morgan fingerprint density at radius 1 is 1.42 bits per heavy atom. The van der Waals surface area contributed by atoms with Gasteiger partial charge in [0.2, 0.25) is 0 Å². The van der Waals surface area contributed by atoms with Gasteiger partial charge < -0.3 is 10.5 Å². The highest BCUT2D eigenvalue weighted by Gasteiger charge is 2.18. The Balaban J connectivity index is 2.83. The van der Waals surface area contributed by atoms with E-state index >= 15 is 0 Å². The van der Waals surface area contributed by atoms with E-state index in [1.165, 1.54) is 12.1 Å². The molecule has 104 valence electrons. The summed E-state index contributed by atoms with van der Waals surface area (Å²) in [4.78, 5) is 22.0. The molecule has 1 atom stereocenters. The van der Waals surface area contributed by atoms with Crippen molar-refractivity contribution in [3.63, 3.8) is 0 Å². The van der Waals surface area contributed by atoms with Crippen LogP contribution in [0.25, 0.3) is 0 Å². The van der Waals surface area contributed by atoms with E-state index in [0.717, 1.165) is 12.5 Å². The number of nitro groups is 1. The van der Waals surface area contributed by atoms with E-state index in [1.54, 1.807) is 6.92 Å². The second-order valence-electron chi connectivity index (χ2n) is 4.88. The number of hydrogen-bond donors (Lipinski definition) is 1. The fourth-order valence-electron chi connectivity index (χ4n) is 1.79. The normalized spacial score (nSPS) is 12.2. The molecule has 0 saturated heterocycles. The molecular formula is C13H18N2O4. The van der Waals surface area contributed by atoms with Crippen LogP contribution in [0.3, 0.4) is 0 Å². The second-order valence-corrected chi connectivity index (χ2v) is 4.88. The van der Waals surface area contributed by atoms with Crippen LogP contribution in [0.2, 0.25) is 0 Å². The third-order valence-electron chi connectivity index (χ3n) is 2.57. The van der Waals surface area contributed by atoms with E-state index in [4.69, 9.17) is 10.5 Å². The van der Waals surface area contributed by atoms with Crippen LogP contribution in [0.1, 0.15) is 37.6 Å². The molecule has 1 aromatic rings. The van der Waals surface area contributed by atoms with Gasteiger partial charge in [0.25, 0.3) is 5.69 Å². The van der Waals surface area contributed by atoms with Gasteiger partial charge in [-0.3, -0.25) is 10.1 Å². The maximum Gasteiger partial charge on any atom is 0.338 e. The number of rotatable bonds is 5. The molecule has 1 rings (SSSR count). The molecular weight excluding hydrogens is 248 g/mol. The highest BCUT2D eigenvalue weighted by atomic mass is 16.6. The van der Waals surface area contributed by atoms with Crippen molar-refractivity contribution < 1.29 is 14.5 Å². The zero-order valence-electron chi connectivity index (χ0n) is 11.3. The minimum Gasteiger partial charge on any atom is -0.459 e. The lowest BCUT2D eigenvalue weighted by Gasteiger charge is -2.15. The molecule has 0 aromatic heterocycles. The Bertz CT molecular complexity index is 486. The molecule has 0 amide bonds. The number of ether oxygens (including phenoxy) is 1. The minimum absolute atomic E-state index is 0.0248. The number of nitro benzene ring substituents is 1. The molecule has 0 aliphatic carbocycles. The number of carbonyl (C=O) groups is 1. The average Bonchev–Trinajstić information content (AvgIpc) is 2.27. The summed E-state index contributed by atoms with van der Waals surface area (Å²) < 4.78 is 5.22. The van der Waals surface area contributed by atoms with Crippen molar-refractivity contribution >= 4 is 17.3 Å². The summed E-state index contributed by atoms with van der Waals surface area (Å²) in [6.07, 6.45) is 0.507. The molecule has 6 heteroatoms. The van der Waals surface area contributed by atoms with Gasteiger partial charge in [0.15, 0.2) is 0 Å². The van der Waals surface area contributed by atoms with E-state index < -0.39 is 10.9 Å². The molecule has 0 aliphatic heterocycles. The summed E-state index contributed by atoms with van der Waals surface area (Å²) in [5.74, 6) is -0.167. The Labute approximate surface area is 111 Å². The fraction of sp³-hybridized carbons (Fsp3) is 0.462. The number of esters is 1. The summed E-state index contributed by atoms with van der Waals surface area (Å²) in [5.41, 5.74) is 5.34. The Morgan fingerprint density at radius 3 is 2.58 bits per heavy atom. The van der Waals surface area contributed by atoms with Crippen molar-refractivity contribution in [2.24, 2.45) is 5.92 Å². The SMILES string of the molecule is CC(C)CC(C)OC(=O)c1ccc(N)c([N+](=O)[O-])c1. The molecule has 0 bridgehead atoms. The van der Waals surface area contributed by atoms with Crippen molar-refractivity contribution in [2.75, 3.05) is 5.73 Å². The van der Waals surface area contributed by atoms with Crippen molar-refractivity contribution in [2.45, 2.75) is 33.3 Å². The monoisotopic (exact) mass is 266 g/mol. The highest BCUT2D eigenvalue weighted by Crippen LogP contribution is 2.23. The summed E-state index contributed by atoms with van der Waals surface area (Å²) in [7, 11) is 0. The summed E-state index contributed by atoms with van der Waals surface area (Å²) >= 11 is 0. The van der Waals surface area contributed by atoms with Crippen LogP contribution in [-0.2, 0) is 4.74 Å². The zero-order chi connectivity index (χ0) is 14.6. The minimum atomic E-state index is -0.621. The standard InChI is InChI=1S/C13H18N2O4/c1-8(2)6-9(3)19-13(16)10-4-5-11(14)12(7-10)15(17)18/h4-5,7-9H,6,14H2,1-3H3. The first-order valence-electron chi connectivity index (χ1n) is 6.06. The van der Waals surface area contributed by atoms with Crippen LogP contribution >= 0.6 is 0 Å². The van der Waals surface area contributed by atoms with Crippen molar-refractivity contribution in [3.8, 4) is 0 Å². The molecule has 1 aromatic carbocycles. The molecule has 0 fully saturated rings. The first-order chi connectivity index (χ1) is 8.81. The van der Waals surface area contributed by atoms with Gasteiger partial charge >= 0.3 is 5.97 Å². The molecule has 1 unspecified atom stereocenters. The van der Waals surface area contributed by atoms with Gasteiger partial charge in [-0.2, -0.15) is 0 Å². The lowest BCUT2D eigenvalue weighted by atomic mass is 10.1. The highest BCUT2D eigenvalue weighted by molar-refractivity contribution is 5.91. The van der Waals surface area contributed by atoms with E-state index in [0.29, 0.717) is 5.92 Å². The number of anilines is 1. The number of nitrogens with zero attached hydrogens (tertiary/aromatic N) is 1. The topological polar surface area (TPSA) is 95.5 Å². The molecule has 2 N–H and O–H groups in total. The molecule has 0 aliphatic rings. The zero-order valence-corrected chi connectivity index (χ0v) is 11.3. The van der Waals surface area contributed by atoms with E-state index in [-0.39, 0.29) is 23.0 Å². The number of nitrogens with two attached hydrogens (primary N) is 1. The quantitative estimate of drug-likeness (QED) is 0.382. The lowest BCUT2D eigenvalue weighted by molar-refractivity contribution is -0.383. The van der Waals surface area contributed by atoms with Crippen molar-refractivity contribution in [1.29, 1.82) is 0 Å². The predicted octanol–water partition coefficient (Wildman–Crippen LogP) is 2.77. The van der Waals surface area contributed by atoms with Gasteiger partial charge in [-0.25, -0.2) is 4.79 Å². The Kier molecular flexibility index (Phi) is 4.86. The number of carbonyl (C=O) groups excluding carboxylic acids is 1. The van der Waals surface area contributed by atoms with Gasteiger partial charge in [0.1, 0.15) is 5.69 Å². The smallest absolute Gasteiger partial charge is 0.338 e. The van der Waals surface area contributed by atoms with Crippen LogP contribution in [-0.4, -0.2) is 17.0 Å². The maximum absolute atomic E-state index is 11.8. The van der Waals surface area contributed by atoms with Crippen LogP contribution in [0.15, 0.2) is 18.2 Å². The Hall–Kier alpha value is -2.11. The van der Waals surface area contributed by atoms with Crippen LogP contribution in [0, 0.1) is 16.0 Å². The molecule has 19 heavy (non-hydrogen) atoms. The molecule has 0 heterocycles. The van der Waals surface area contributed by atoms with Gasteiger partial charge in [-0.1, -0.05) is 13.8 Å². The summed E-state index contributed by atoms with van der Waals surface area (Å²) in [5, 5.41) is 10.7. The molecule has 0 spiro atoms. The first kappa shape index (κ1) is 14.9. The first-order valence-corrected chi connectivity index (χ1v) is 6.06. The van der Waals surface area contributed by atoms with Crippen molar-refractivity contribution in [3.05, 3.63) is 33.9 Å². The third kappa shape index (κ3) is 4.24. The van der Waals surface area contributed by atoms with Gasteiger partial charge in [0, 0.05) is 6.07 Å². The summed E-state index contributed by atoms with van der Waals surface area (Å²) in [6.45, 7) is 5.85. The summed E-state index contributed by atoms with van der Waals surface area (Å²) in [6, 6.07) is 3.90. The van der Waals surface area contributed by atoms with E-state index in [2.05, 4.69) is 0 Å². The van der Waals surface area contributed by atoms with Crippen LogP contribution < -0.4 is 5.73 Å². The third-order valence-corrected chi connectivity index (χ3v) is 2.57. The Morgan fingerprint density at radius 2 is 2.05 bits per heavy atom. The van der Waals surface area contributed by atoms with Gasteiger partial charge in [-0.05, 0) is 31.4 Å².